The third kappa shape index (κ3) is 3.12. The molecule has 0 radical (unpaired) electrons. The summed E-state index contributed by atoms with van der Waals surface area (Å²) in [6.07, 6.45) is 0. The van der Waals surface area contributed by atoms with Gasteiger partial charge in [0, 0.05) is 5.56 Å². The van der Waals surface area contributed by atoms with Gasteiger partial charge in [0.2, 0.25) is 0 Å². The first-order valence-electron chi connectivity index (χ1n) is 6.78. The van der Waals surface area contributed by atoms with Crippen molar-refractivity contribution in [2.24, 2.45) is 0 Å². The monoisotopic (exact) mass is 277 g/mol. The highest BCUT2D eigenvalue weighted by Crippen LogP contribution is 2.26. The molecule has 0 saturated carbocycles. The fraction of sp³-hybridized carbons (Fsp3) is 0.0526. The summed E-state index contributed by atoms with van der Waals surface area (Å²) in [7, 11) is 0.0978. The predicted octanol–water partition coefficient (Wildman–Crippen LogP) is 4.92. The molecule has 0 nitrogen and oxygen atoms in total. The van der Waals surface area contributed by atoms with Crippen molar-refractivity contribution in [2.45, 2.75) is 15.5 Å². The summed E-state index contributed by atoms with van der Waals surface area (Å²) < 4.78 is 0. The van der Waals surface area contributed by atoms with Gasteiger partial charge in [-0.2, -0.15) is 0 Å². The van der Waals surface area contributed by atoms with Crippen LogP contribution in [0.1, 0.15) is 5.56 Å². The zero-order valence-electron chi connectivity index (χ0n) is 11.3. The highest BCUT2D eigenvalue weighted by Gasteiger charge is 2.24. The van der Waals surface area contributed by atoms with E-state index in [9.17, 15) is 0 Å². The molecule has 0 heterocycles. The Bertz CT molecular complexity index is 593. The predicted molar refractivity (Wildman–Crippen MR) is 86.9 cm³/mol. The second-order valence-electron chi connectivity index (χ2n) is 4.65. The largest absolute Gasteiger partial charge is 0.161 e. The van der Waals surface area contributed by atoms with Crippen LogP contribution in [-0.2, 0) is 16.6 Å². The summed E-state index contributed by atoms with van der Waals surface area (Å²) in [6, 6.07) is 32.4. The van der Waals surface area contributed by atoms with E-state index in [4.69, 9.17) is 0 Å². The number of benzene rings is 3. The SMILES string of the molecule is c1ccc(C[S+](c2ccccc2)c2ccccc2)cc1. The van der Waals surface area contributed by atoms with E-state index in [-0.39, 0.29) is 10.9 Å². The van der Waals surface area contributed by atoms with Gasteiger partial charge in [0.1, 0.15) is 5.75 Å². The number of rotatable bonds is 4. The molecule has 3 aromatic rings. The first-order valence-corrected chi connectivity index (χ1v) is 8.18. The maximum Gasteiger partial charge on any atom is 0.161 e. The molecule has 0 aliphatic heterocycles. The molecule has 0 amide bonds. The summed E-state index contributed by atoms with van der Waals surface area (Å²) in [4.78, 5) is 2.81. The van der Waals surface area contributed by atoms with Gasteiger partial charge in [-0.25, -0.2) is 0 Å². The Hall–Kier alpha value is -1.99. The van der Waals surface area contributed by atoms with Gasteiger partial charge in [-0.05, 0) is 24.3 Å². The van der Waals surface area contributed by atoms with E-state index in [1.54, 1.807) is 0 Å². The lowest BCUT2D eigenvalue weighted by molar-refractivity contribution is 1.30. The van der Waals surface area contributed by atoms with Crippen molar-refractivity contribution in [1.29, 1.82) is 0 Å². The highest BCUT2D eigenvalue weighted by atomic mass is 32.2. The Morgan fingerprint density at radius 3 is 1.35 bits per heavy atom. The minimum Gasteiger partial charge on any atom is -0.0622 e. The van der Waals surface area contributed by atoms with E-state index in [1.807, 2.05) is 0 Å². The third-order valence-corrected chi connectivity index (χ3v) is 5.51. The average molecular weight is 277 g/mol. The molecule has 3 aromatic carbocycles. The van der Waals surface area contributed by atoms with Gasteiger partial charge < -0.3 is 0 Å². The molecular weight excluding hydrogens is 260 g/mol. The van der Waals surface area contributed by atoms with Crippen LogP contribution in [-0.4, -0.2) is 0 Å². The molecule has 20 heavy (non-hydrogen) atoms. The van der Waals surface area contributed by atoms with Crippen LogP contribution < -0.4 is 0 Å². The van der Waals surface area contributed by atoms with E-state index >= 15 is 0 Å². The molecule has 1 heteroatoms. The first-order chi connectivity index (χ1) is 9.93. The summed E-state index contributed by atoms with van der Waals surface area (Å²) in [5, 5.41) is 0. The Labute approximate surface area is 123 Å². The molecule has 0 aliphatic carbocycles. The third-order valence-electron chi connectivity index (χ3n) is 3.21. The number of hydrogen-bond donors (Lipinski definition) is 0. The molecule has 0 aromatic heterocycles. The molecule has 0 saturated heterocycles. The summed E-state index contributed by atoms with van der Waals surface area (Å²) in [6.45, 7) is 0. The minimum absolute atomic E-state index is 0.0978. The summed E-state index contributed by atoms with van der Waals surface area (Å²) in [5.41, 5.74) is 1.39. The summed E-state index contributed by atoms with van der Waals surface area (Å²) in [5.74, 6) is 1.06. The van der Waals surface area contributed by atoms with Crippen LogP contribution in [0, 0.1) is 0 Å². The molecule has 98 valence electrons. The first kappa shape index (κ1) is 13.0. The van der Waals surface area contributed by atoms with Gasteiger partial charge in [0.05, 0.1) is 10.9 Å². The Morgan fingerprint density at radius 2 is 0.900 bits per heavy atom. The molecule has 3 rings (SSSR count). The van der Waals surface area contributed by atoms with Crippen LogP contribution in [0.2, 0.25) is 0 Å². The highest BCUT2D eigenvalue weighted by molar-refractivity contribution is 7.96. The van der Waals surface area contributed by atoms with Crippen molar-refractivity contribution in [1.82, 2.24) is 0 Å². The van der Waals surface area contributed by atoms with Gasteiger partial charge in [0.15, 0.2) is 9.79 Å². The zero-order chi connectivity index (χ0) is 13.6. The van der Waals surface area contributed by atoms with E-state index in [0.717, 1.165) is 5.75 Å². The fourth-order valence-corrected chi connectivity index (χ4v) is 4.32. The van der Waals surface area contributed by atoms with Crippen molar-refractivity contribution >= 4 is 10.9 Å². The topological polar surface area (TPSA) is 0 Å². The van der Waals surface area contributed by atoms with Crippen molar-refractivity contribution in [3.05, 3.63) is 96.6 Å². The second-order valence-corrected chi connectivity index (χ2v) is 6.66. The van der Waals surface area contributed by atoms with Gasteiger partial charge in [0.25, 0.3) is 0 Å². The van der Waals surface area contributed by atoms with Crippen LogP contribution in [0.25, 0.3) is 0 Å². The Balaban J connectivity index is 1.96. The van der Waals surface area contributed by atoms with Gasteiger partial charge in [-0.3, -0.25) is 0 Å². The van der Waals surface area contributed by atoms with Gasteiger partial charge in [-0.1, -0.05) is 66.7 Å². The van der Waals surface area contributed by atoms with E-state index in [2.05, 4.69) is 91.0 Å². The van der Waals surface area contributed by atoms with Crippen molar-refractivity contribution in [3.63, 3.8) is 0 Å². The molecule has 0 fully saturated rings. The quantitative estimate of drug-likeness (QED) is 0.594. The number of hydrogen-bond acceptors (Lipinski definition) is 0. The van der Waals surface area contributed by atoms with Crippen LogP contribution in [0.4, 0.5) is 0 Å². The van der Waals surface area contributed by atoms with Crippen molar-refractivity contribution in [2.75, 3.05) is 0 Å². The standard InChI is InChI=1S/C19H17S/c1-4-10-17(11-5-1)16-20(18-12-6-2-7-13-18)19-14-8-3-9-15-19/h1-15H,16H2/q+1. The Morgan fingerprint density at radius 1 is 0.500 bits per heavy atom. The zero-order valence-corrected chi connectivity index (χ0v) is 12.1. The normalized spacial score (nSPS) is 10.7. The lowest BCUT2D eigenvalue weighted by atomic mass is 10.2. The fourth-order valence-electron chi connectivity index (χ4n) is 2.21. The van der Waals surface area contributed by atoms with E-state index < -0.39 is 0 Å². The van der Waals surface area contributed by atoms with E-state index in [1.165, 1.54) is 15.4 Å². The van der Waals surface area contributed by atoms with Crippen LogP contribution in [0.3, 0.4) is 0 Å². The van der Waals surface area contributed by atoms with Crippen LogP contribution >= 0.6 is 0 Å². The maximum atomic E-state index is 2.24. The molecule has 0 N–H and O–H groups in total. The average Bonchev–Trinajstić information content (AvgIpc) is 2.55. The lowest BCUT2D eigenvalue weighted by Crippen LogP contribution is -2.07. The molecule has 0 aliphatic rings. The lowest BCUT2D eigenvalue weighted by Gasteiger charge is -2.08. The molecular formula is C19H17S+. The van der Waals surface area contributed by atoms with Gasteiger partial charge in [-0.15, -0.1) is 0 Å². The van der Waals surface area contributed by atoms with Crippen LogP contribution in [0.5, 0.6) is 0 Å². The molecule has 0 atom stereocenters. The maximum absolute atomic E-state index is 2.24. The Kier molecular flexibility index (Phi) is 4.19. The van der Waals surface area contributed by atoms with Crippen molar-refractivity contribution < 1.29 is 0 Å². The van der Waals surface area contributed by atoms with E-state index in [0.29, 0.717) is 0 Å². The minimum atomic E-state index is 0.0978. The molecule has 0 bridgehead atoms. The molecule has 0 unspecified atom stereocenters. The van der Waals surface area contributed by atoms with Crippen LogP contribution in [0.15, 0.2) is 101 Å². The summed E-state index contributed by atoms with van der Waals surface area (Å²) >= 11 is 0. The molecule has 0 spiro atoms. The smallest absolute Gasteiger partial charge is 0.0622 e. The second kappa shape index (κ2) is 6.44. The van der Waals surface area contributed by atoms with Crippen molar-refractivity contribution in [3.8, 4) is 0 Å². The van der Waals surface area contributed by atoms with Gasteiger partial charge >= 0.3 is 0 Å².